The first kappa shape index (κ1) is 29.9. The molecule has 3 rings (SSSR count). The van der Waals surface area contributed by atoms with Crippen molar-refractivity contribution in [3.05, 3.63) is 0 Å². The molecular weight excluding hydrogens is 520 g/mol. The molecule has 0 bridgehead atoms. The Bertz CT molecular complexity index is 870. The van der Waals surface area contributed by atoms with Crippen LogP contribution in [0.25, 0.3) is 0 Å². The summed E-state index contributed by atoms with van der Waals surface area (Å²) in [6.45, 7) is 12.1. The third kappa shape index (κ3) is 8.66. The van der Waals surface area contributed by atoms with Crippen molar-refractivity contribution in [3.8, 4) is 0 Å². The number of hydrogen-bond acceptors (Lipinski definition) is 10. The van der Waals surface area contributed by atoms with Gasteiger partial charge in [0.05, 0.1) is 18.8 Å². The highest BCUT2D eigenvalue weighted by molar-refractivity contribution is 8.76. The van der Waals surface area contributed by atoms with Crippen LogP contribution in [-0.4, -0.2) is 101 Å². The lowest BCUT2D eigenvalue weighted by molar-refractivity contribution is -0.160. The van der Waals surface area contributed by atoms with Crippen molar-refractivity contribution in [1.29, 1.82) is 0 Å². The predicted molar refractivity (Wildman–Crippen MR) is 142 cm³/mol. The molecule has 0 unspecified atom stereocenters. The zero-order chi connectivity index (χ0) is 27.4. The Balaban J connectivity index is 1.80. The molecule has 0 aromatic rings. The smallest absolute Gasteiger partial charge is 0.408 e. The van der Waals surface area contributed by atoms with Crippen molar-refractivity contribution < 1.29 is 33.4 Å². The Labute approximate surface area is 226 Å². The zero-order valence-corrected chi connectivity index (χ0v) is 24.1. The third-order valence-corrected chi connectivity index (χ3v) is 8.33. The van der Waals surface area contributed by atoms with Gasteiger partial charge in [0.2, 0.25) is 11.8 Å². The van der Waals surface area contributed by atoms with Crippen molar-refractivity contribution in [1.82, 2.24) is 20.9 Å². The molecule has 0 aliphatic carbocycles. The first-order valence-electron chi connectivity index (χ1n) is 12.6. The number of nitrogens with zero attached hydrogens (tertiary/aromatic N) is 1. The van der Waals surface area contributed by atoms with Crippen molar-refractivity contribution in [2.75, 3.05) is 37.8 Å². The first-order valence-corrected chi connectivity index (χ1v) is 15.1. The quantitative estimate of drug-likeness (QED) is 0.336. The molecule has 37 heavy (non-hydrogen) atoms. The standard InChI is InChI=1S/C24H40N4O7S2/c1-22(2,3)34-20(31)16-11-37-36-10-15(26-21(32)35-23(4,5)6)19(30)28-9-7-8-17(28)18(29)25-12-24(27-16)13-33-14-24/h15-17,27H,7-14H2,1-6H3,(H,25,29)(H,26,32)/t15-,16-,17-/m0/s1. The van der Waals surface area contributed by atoms with Crippen molar-refractivity contribution in [2.24, 2.45) is 0 Å². The van der Waals surface area contributed by atoms with E-state index in [1.54, 1.807) is 25.7 Å². The number of fused-ring (bicyclic) bond motifs is 1. The number of carbonyl (C=O) groups excluding carboxylic acids is 4. The van der Waals surface area contributed by atoms with E-state index in [1.165, 1.54) is 21.6 Å². The van der Waals surface area contributed by atoms with Crippen LogP contribution < -0.4 is 16.0 Å². The molecule has 3 fully saturated rings. The van der Waals surface area contributed by atoms with Gasteiger partial charge >= 0.3 is 12.1 Å². The molecule has 3 amide bonds. The molecular formula is C24H40N4O7S2. The van der Waals surface area contributed by atoms with E-state index in [1.807, 2.05) is 20.8 Å². The van der Waals surface area contributed by atoms with Gasteiger partial charge in [-0.15, -0.1) is 0 Å². The van der Waals surface area contributed by atoms with E-state index in [9.17, 15) is 19.2 Å². The summed E-state index contributed by atoms with van der Waals surface area (Å²) in [6.07, 6.45) is 0.534. The van der Waals surface area contributed by atoms with E-state index >= 15 is 0 Å². The second kappa shape index (κ2) is 12.0. The fourth-order valence-corrected chi connectivity index (χ4v) is 6.53. The van der Waals surface area contributed by atoms with Crippen molar-refractivity contribution >= 4 is 45.5 Å². The Morgan fingerprint density at radius 1 is 1.05 bits per heavy atom. The number of carbonyl (C=O) groups is 4. The fourth-order valence-electron chi connectivity index (χ4n) is 4.23. The van der Waals surface area contributed by atoms with Gasteiger partial charge in [0.25, 0.3) is 0 Å². The topological polar surface area (TPSA) is 135 Å². The molecule has 11 nitrogen and oxygen atoms in total. The molecule has 3 aliphatic heterocycles. The van der Waals surface area contributed by atoms with E-state index < -0.39 is 46.9 Å². The van der Waals surface area contributed by atoms with Crippen LogP contribution in [0.1, 0.15) is 54.4 Å². The summed E-state index contributed by atoms with van der Waals surface area (Å²) in [5.74, 6) is -0.385. The van der Waals surface area contributed by atoms with Crippen LogP contribution in [-0.2, 0) is 28.6 Å². The third-order valence-electron chi connectivity index (χ3n) is 5.91. The van der Waals surface area contributed by atoms with Gasteiger partial charge in [-0.05, 0) is 54.4 Å². The van der Waals surface area contributed by atoms with Crippen LogP contribution >= 0.6 is 21.6 Å². The highest BCUT2D eigenvalue weighted by Crippen LogP contribution is 2.28. The Morgan fingerprint density at radius 2 is 1.70 bits per heavy atom. The lowest BCUT2D eigenvalue weighted by Crippen LogP contribution is -2.70. The average molecular weight is 561 g/mol. The summed E-state index contributed by atoms with van der Waals surface area (Å²) < 4.78 is 16.4. The molecule has 0 aromatic heterocycles. The second-order valence-electron chi connectivity index (χ2n) is 11.7. The summed E-state index contributed by atoms with van der Waals surface area (Å²) in [5.41, 5.74) is -1.98. The van der Waals surface area contributed by atoms with Crippen LogP contribution in [0.3, 0.4) is 0 Å². The Morgan fingerprint density at radius 3 is 2.30 bits per heavy atom. The van der Waals surface area contributed by atoms with Gasteiger partial charge in [-0.1, -0.05) is 21.6 Å². The van der Waals surface area contributed by atoms with Crippen LogP contribution in [0.4, 0.5) is 4.79 Å². The summed E-state index contributed by atoms with van der Waals surface area (Å²) in [7, 11) is 2.78. The van der Waals surface area contributed by atoms with Crippen LogP contribution in [0, 0.1) is 0 Å². The molecule has 0 radical (unpaired) electrons. The molecule has 210 valence electrons. The van der Waals surface area contributed by atoms with Gasteiger partial charge in [0.1, 0.15) is 29.3 Å². The molecule has 3 heterocycles. The summed E-state index contributed by atoms with van der Waals surface area (Å²) in [6, 6.07) is -2.17. The number of esters is 1. The highest BCUT2D eigenvalue weighted by atomic mass is 33.1. The minimum Gasteiger partial charge on any atom is -0.459 e. The molecule has 0 saturated carbocycles. The molecule has 3 aliphatic rings. The van der Waals surface area contributed by atoms with E-state index in [2.05, 4.69) is 16.0 Å². The number of hydrogen-bond donors (Lipinski definition) is 3. The van der Waals surface area contributed by atoms with Crippen molar-refractivity contribution in [3.63, 3.8) is 0 Å². The number of ether oxygens (including phenoxy) is 3. The minimum atomic E-state index is -0.886. The van der Waals surface area contributed by atoms with Crippen molar-refractivity contribution in [2.45, 2.75) is 89.3 Å². The van der Waals surface area contributed by atoms with Gasteiger partial charge in [0, 0.05) is 24.6 Å². The van der Waals surface area contributed by atoms with E-state index in [0.29, 0.717) is 38.4 Å². The number of alkyl carbamates (subject to hydrolysis) is 1. The summed E-state index contributed by atoms with van der Waals surface area (Å²) >= 11 is 0. The predicted octanol–water partition coefficient (Wildman–Crippen LogP) is 1.45. The molecule has 3 atom stereocenters. The molecule has 13 heteroatoms. The first-order chi connectivity index (χ1) is 17.2. The largest absolute Gasteiger partial charge is 0.459 e. The van der Waals surface area contributed by atoms with Crippen LogP contribution in [0.5, 0.6) is 0 Å². The van der Waals surface area contributed by atoms with E-state index in [0.717, 1.165) is 0 Å². The average Bonchev–Trinajstić information content (AvgIpc) is 3.22. The Kier molecular flexibility index (Phi) is 9.68. The maximum absolute atomic E-state index is 13.5. The molecule has 3 N–H and O–H groups in total. The lowest BCUT2D eigenvalue weighted by atomic mass is 9.95. The molecule has 0 aromatic carbocycles. The number of rotatable bonds is 2. The van der Waals surface area contributed by atoms with Gasteiger partial charge in [-0.25, -0.2) is 4.79 Å². The maximum atomic E-state index is 13.5. The van der Waals surface area contributed by atoms with Gasteiger partial charge < -0.3 is 29.7 Å². The van der Waals surface area contributed by atoms with E-state index in [4.69, 9.17) is 14.2 Å². The normalized spacial score (nSPS) is 27.4. The number of nitrogens with one attached hydrogen (secondary N) is 3. The second-order valence-corrected chi connectivity index (χ2v) is 14.2. The van der Waals surface area contributed by atoms with Gasteiger partial charge in [-0.3, -0.25) is 19.7 Å². The zero-order valence-electron chi connectivity index (χ0n) is 22.5. The lowest BCUT2D eigenvalue weighted by Gasteiger charge is -2.44. The maximum Gasteiger partial charge on any atom is 0.408 e. The van der Waals surface area contributed by atoms with Crippen LogP contribution in [0.2, 0.25) is 0 Å². The molecule has 3 saturated heterocycles. The Hall–Kier alpha value is -1.70. The fraction of sp³-hybridized carbons (Fsp3) is 0.833. The van der Waals surface area contributed by atoms with Gasteiger partial charge in [0.15, 0.2) is 0 Å². The van der Waals surface area contributed by atoms with Gasteiger partial charge in [-0.2, -0.15) is 0 Å². The summed E-state index contributed by atoms with van der Waals surface area (Å²) in [4.78, 5) is 53.8. The van der Waals surface area contributed by atoms with Crippen LogP contribution in [0.15, 0.2) is 0 Å². The monoisotopic (exact) mass is 560 g/mol. The highest BCUT2D eigenvalue weighted by Gasteiger charge is 2.45. The molecule has 1 spiro atoms. The number of amides is 3. The minimum absolute atomic E-state index is 0.239. The summed E-state index contributed by atoms with van der Waals surface area (Å²) in [5, 5.41) is 9.03. The van der Waals surface area contributed by atoms with E-state index in [-0.39, 0.29) is 24.1 Å². The SMILES string of the molecule is CC(C)(C)OC(=O)N[C@H]1CSSC[C@@H](C(=O)OC(C)(C)C)NC2(CNC(=O)[C@@H]3CCCN3C1=O)COC2.